The topological polar surface area (TPSA) is 46.2 Å². The lowest BCUT2D eigenvalue weighted by Gasteiger charge is -2.30. The van der Waals surface area contributed by atoms with Crippen LogP contribution in [0, 0.1) is 12.3 Å². The summed E-state index contributed by atoms with van der Waals surface area (Å²) in [5.41, 5.74) is 0.975. The minimum Gasteiger partial charge on any atom is -0.373 e. The van der Waals surface area contributed by atoms with Crippen LogP contribution in [0.2, 0.25) is 0 Å². The average molecular weight is 411 g/mol. The van der Waals surface area contributed by atoms with Crippen LogP contribution in [0.25, 0.3) is 0 Å². The lowest BCUT2D eigenvalue weighted by atomic mass is 9.96. The van der Waals surface area contributed by atoms with E-state index in [-0.39, 0.29) is 12.7 Å². The molecule has 3 unspecified atom stereocenters. The Kier molecular flexibility index (Phi) is 8.03. The summed E-state index contributed by atoms with van der Waals surface area (Å²) in [6.45, 7) is 4.85. The third-order valence-electron chi connectivity index (χ3n) is 4.98. The van der Waals surface area contributed by atoms with Crippen molar-refractivity contribution in [2.75, 3.05) is 13.7 Å². The Balaban J connectivity index is 1.77. The molecular formula is C25H30O5. The molecule has 1 heterocycles. The van der Waals surface area contributed by atoms with Gasteiger partial charge in [0.2, 0.25) is 0 Å². The van der Waals surface area contributed by atoms with Crippen molar-refractivity contribution in [2.45, 2.75) is 57.3 Å². The predicted molar refractivity (Wildman–Crippen MR) is 115 cm³/mol. The fraction of sp³-hybridized carbons (Fsp3) is 0.440. The summed E-state index contributed by atoms with van der Waals surface area (Å²) in [5.74, 6) is 2.79. The van der Waals surface area contributed by atoms with Gasteiger partial charge in [-0.2, -0.15) is 0 Å². The highest BCUT2D eigenvalue weighted by Gasteiger charge is 2.57. The van der Waals surface area contributed by atoms with Gasteiger partial charge in [0.25, 0.3) is 0 Å². The molecule has 2 aromatic carbocycles. The first-order valence-corrected chi connectivity index (χ1v) is 10.2. The summed E-state index contributed by atoms with van der Waals surface area (Å²) in [7, 11) is 1.61. The van der Waals surface area contributed by atoms with Gasteiger partial charge in [0.15, 0.2) is 11.9 Å². The van der Waals surface area contributed by atoms with Gasteiger partial charge in [0, 0.05) is 7.11 Å². The molecule has 5 heteroatoms. The second-order valence-corrected chi connectivity index (χ2v) is 7.60. The molecular weight excluding hydrogens is 380 g/mol. The molecule has 5 nitrogen and oxygen atoms in total. The lowest BCUT2D eigenvalue weighted by Crippen LogP contribution is -2.48. The smallest absolute Gasteiger partial charge is 0.188 e. The second kappa shape index (κ2) is 10.7. The van der Waals surface area contributed by atoms with E-state index in [9.17, 15) is 0 Å². The van der Waals surface area contributed by atoms with E-state index in [1.807, 2.05) is 74.5 Å². The number of hydrogen-bond donors (Lipinski definition) is 0. The zero-order chi connectivity index (χ0) is 21.4. The molecule has 0 radical (unpaired) electrons. The Morgan fingerprint density at radius 2 is 1.60 bits per heavy atom. The molecule has 4 atom stereocenters. The van der Waals surface area contributed by atoms with Crippen molar-refractivity contribution >= 4 is 0 Å². The first-order valence-electron chi connectivity index (χ1n) is 10.2. The molecule has 1 aliphatic rings. The van der Waals surface area contributed by atoms with Crippen molar-refractivity contribution in [3.8, 4) is 12.3 Å². The van der Waals surface area contributed by atoms with Crippen LogP contribution in [0.1, 0.15) is 25.0 Å². The molecule has 3 rings (SSSR count). The molecule has 0 bridgehead atoms. The zero-order valence-corrected chi connectivity index (χ0v) is 17.8. The zero-order valence-electron chi connectivity index (χ0n) is 17.8. The first kappa shape index (κ1) is 22.5. The Morgan fingerprint density at radius 1 is 1.00 bits per heavy atom. The van der Waals surface area contributed by atoms with Gasteiger partial charge in [-0.3, -0.25) is 0 Å². The number of rotatable bonds is 10. The lowest BCUT2D eigenvalue weighted by molar-refractivity contribution is -0.206. The molecule has 0 aromatic heterocycles. The van der Waals surface area contributed by atoms with Gasteiger partial charge in [-0.1, -0.05) is 66.6 Å². The molecule has 0 saturated carbocycles. The van der Waals surface area contributed by atoms with Crippen LogP contribution >= 0.6 is 0 Å². The summed E-state index contributed by atoms with van der Waals surface area (Å²) in [4.78, 5) is 0. The highest BCUT2D eigenvalue weighted by atomic mass is 16.7. The normalized spacial score (nSPS) is 26.0. The molecule has 0 amide bonds. The Bertz CT molecular complexity index is 801. The minimum absolute atomic E-state index is 0.0544. The Hall–Kier alpha value is -2.20. The van der Waals surface area contributed by atoms with Crippen LogP contribution in [0.4, 0.5) is 0 Å². The number of terminal acetylenes is 1. The maximum atomic E-state index is 6.26. The van der Waals surface area contributed by atoms with E-state index in [4.69, 9.17) is 30.1 Å². The molecule has 1 fully saturated rings. The van der Waals surface area contributed by atoms with Crippen LogP contribution < -0.4 is 0 Å². The summed E-state index contributed by atoms with van der Waals surface area (Å²) in [5, 5.41) is 0. The SMILES string of the molecule is C#CC1(COCc2ccccc2)OC(OC(C)C)[C@@H](OC)C1OCc1ccccc1. The van der Waals surface area contributed by atoms with Crippen molar-refractivity contribution in [3.63, 3.8) is 0 Å². The minimum atomic E-state index is -1.12. The largest absolute Gasteiger partial charge is 0.373 e. The second-order valence-electron chi connectivity index (χ2n) is 7.60. The van der Waals surface area contributed by atoms with Crippen LogP contribution in [0.3, 0.4) is 0 Å². The van der Waals surface area contributed by atoms with Crippen LogP contribution in [-0.4, -0.2) is 43.9 Å². The third kappa shape index (κ3) is 5.48. The van der Waals surface area contributed by atoms with Gasteiger partial charge in [0.1, 0.15) is 12.2 Å². The maximum Gasteiger partial charge on any atom is 0.188 e. The molecule has 0 spiro atoms. The van der Waals surface area contributed by atoms with E-state index in [0.717, 1.165) is 11.1 Å². The maximum absolute atomic E-state index is 6.26. The summed E-state index contributed by atoms with van der Waals surface area (Å²) < 4.78 is 30.1. The fourth-order valence-electron chi connectivity index (χ4n) is 3.52. The van der Waals surface area contributed by atoms with Gasteiger partial charge in [-0.05, 0) is 25.0 Å². The third-order valence-corrected chi connectivity index (χ3v) is 4.98. The standard InChI is InChI=1S/C25H30O5/c1-5-25(18-27-16-20-12-8-6-9-13-20)23(28-17-21-14-10-7-11-15-21)22(26-4)24(30-25)29-19(2)3/h1,6-15,19,22-24H,16-18H2,2-4H3/t22-,23?,24?,25?/m0/s1. The highest BCUT2D eigenvalue weighted by molar-refractivity contribution is 5.20. The van der Waals surface area contributed by atoms with E-state index in [2.05, 4.69) is 5.92 Å². The highest BCUT2D eigenvalue weighted by Crippen LogP contribution is 2.37. The molecule has 0 aliphatic carbocycles. The summed E-state index contributed by atoms with van der Waals surface area (Å²) in [6.07, 6.45) is 4.24. The van der Waals surface area contributed by atoms with Gasteiger partial charge in [-0.25, -0.2) is 0 Å². The molecule has 1 saturated heterocycles. The summed E-state index contributed by atoms with van der Waals surface area (Å²) >= 11 is 0. The van der Waals surface area contributed by atoms with E-state index >= 15 is 0 Å². The van der Waals surface area contributed by atoms with Crippen molar-refractivity contribution in [2.24, 2.45) is 0 Å². The van der Waals surface area contributed by atoms with E-state index in [1.54, 1.807) is 7.11 Å². The van der Waals surface area contributed by atoms with Crippen LogP contribution in [0.15, 0.2) is 60.7 Å². The predicted octanol–water partition coefficient (Wildman–Crippen LogP) is 3.96. The van der Waals surface area contributed by atoms with E-state index < -0.39 is 24.1 Å². The average Bonchev–Trinajstić information content (AvgIpc) is 3.05. The molecule has 2 aromatic rings. The van der Waals surface area contributed by atoms with Crippen molar-refractivity contribution in [3.05, 3.63) is 71.8 Å². The van der Waals surface area contributed by atoms with E-state index in [1.165, 1.54) is 0 Å². The monoisotopic (exact) mass is 410 g/mol. The number of methoxy groups -OCH3 is 1. The van der Waals surface area contributed by atoms with Gasteiger partial charge >= 0.3 is 0 Å². The number of hydrogen-bond acceptors (Lipinski definition) is 5. The van der Waals surface area contributed by atoms with Crippen molar-refractivity contribution in [1.82, 2.24) is 0 Å². The van der Waals surface area contributed by atoms with Crippen molar-refractivity contribution in [1.29, 1.82) is 0 Å². The Morgan fingerprint density at radius 3 is 2.13 bits per heavy atom. The van der Waals surface area contributed by atoms with Crippen LogP contribution in [-0.2, 0) is 36.9 Å². The quantitative estimate of drug-likeness (QED) is 0.555. The Labute approximate surface area is 179 Å². The first-order chi connectivity index (χ1) is 14.6. The molecule has 0 N–H and O–H groups in total. The number of ether oxygens (including phenoxy) is 5. The summed E-state index contributed by atoms with van der Waals surface area (Å²) in [6, 6.07) is 19.8. The van der Waals surface area contributed by atoms with Crippen molar-refractivity contribution < 1.29 is 23.7 Å². The van der Waals surface area contributed by atoms with Crippen LogP contribution in [0.5, 0.6) is 0 Å². The van der Waals surface area contributed by atoms with Gasteiger partial charge in [-0.15, -0.1) is 6.42 Å². The van der Waals surface area contributed by atoms with Gasteiger partial charge in [0.05, 0.1) is 25.9 Å². The molecule has 30 heavy (non-hydrogen) atoms. The van der Waals surface area contributed by atoms with E-state index in [0.29, 0.717) is 13.2 Å². The number of benzene rings is 2. The fourth-order valence-corrected chi connectivity index (χ4v) is 3.52. The molecule has 160 valence electrons. The van der Waals surface area contributed by atoms with Gasteiger partial charge < -0.3 is 23.7 Å². The molecule has 1 aliphatic heterocycles.